The fourth-order valence-corrected chi connectivity index (χ4v) is 2.22. The number of nitriles is 1. The van der Waals surface area contributed by atoms with Crippen molar-refractivity contribution in [2.45, 2.75) is 0 Å². The number of nitro benzene ring substituents is 1. The summed E-state index contributed by atoms with van der Waals surface area (Å²) in [6.45, 7) is 0. The Balaban J connectivity index is 2.31. The third kappa shape index (κ3) is 4.02. The molecule has 0 saturated heterocycles. The standard InChI is InChI=1S/C16H9BrFN3O3/c17-12-6-5-10(8-15(12)21(23)24)7-11(9-19)16(22)20-14-4-2-1-3-13(14)18/h1-8H,(H,20,22)/b11-7+. The number of nitrogens with zero attached hydrogens (tertiary/aromatic N) is 2. The minimum atomic E-state index is -0.812. The molecule has 1 amide bonds. The number of hydrogen-bond acceptors (Lipinski definition) is 4. The summed E-state index contributed by atoms with van der Waals surface area (Å²) < 4.78 is 13.8. The molecule has 0 aliphatic rings. The van der Waals surface area contributed by atoms with Crippen molar-refractivity contribution in [3.63, 3.8) is 0 Å². The second-order valence-electron chi connectivity index (χ2n) is 4.57. The van der Waals surface area contributed by atoms with Crippen LogP contribution in [0.4, 0.5) is 15.8 Å². The number of benzene rings is 2. The van der Waals surface area contributed by atoms with Gasteiger partial charge in [-0.3, -0.25) is 14.9 Å². The molecule has 24 heavy (non-hydrogen) atoms. The SMILES string of the molecule is N#C/C(=C\c1ccc(Br)c([N+](=O)[O-])c1)C(=O)Nc1ccccc1F. The first-order valence-electron chi connectivity index (χ1n) is 6.54. The molecular weight excluding hydrogens is 381 g/mol. The van der Waals surface area contributed by atoms with E-state index in [4.69, 9.17) is 5.26 Å². The Morgan fingerprint density at radius 1 is 1.33 bits per heavy atom. The Hall–Kier alpha value is -3.05. The van der Waals surface area contributed by atoms with Crippen LogP contribution in [0.3, 0.4) is 0 Å². The van der Waals surface area contributed by atoms with Gasteiger partial charge in [0.1, 0.15) is 17.5 Å². The van der Waals surface area contributed by atoms with Crippen LogP contribution in [0.2, 0.25) is 0 Å². The molecule has 6 nitrogen and oxygen atoms in total. The van der Waals surface area contributed by atoms with E-state index in [1.807, 2.05) is 0 Å². The summed E-state index contributed by atoms with van der Waals surface area (Å²) in [4.78, 5) is 22.4. The number of carbonyl (C=O) groups is 1. The second kappa shape index (κ2) is 7.48. The molecule has 2 rings (SSSR count). The number of anilines is 1. The van der Waals surface area contributed by atoms with Gasteiger partial charge in [0.2, 0.25) is 0 Å². The first-order valence-corrected chi connectivity index (χ1v) is 7.33. The van der Waals surface area contributed by atoms with Gasteiger partial charge < -0.3 is 5.32 Å². The summed E-state index contributed by atoms with van der Waals surface area (Å²) in [5.74, 6) is -1.45. The van der Waals surface area contributed by atoms with Gasteiger partial charge in [0.25, 0.3) is 11.6 Å². The summed E-state index contributed by atoms with van der Waals surface area (Å²) in [6, 6.07) is 11.4. The normalized spacial score (nSPS) is 10.8. The third-order valence-corrected chi connectivity index (χ3v) is 3.64. The Labute approximate surface area is 144 Å². The van der Waals surface area contributed by atoms with Crippen LogP contribution in [0, 0.1) is 27.3 Å². The Kier molecular flexibility index (Phi) is 5.39. The number of hydrogen-bond donors (Lipinski definition) is 1. The van der Waals surface area contributed by atoms with Crippen molar-refractivity contribution in [2.24, 2.45) is 0 Å². The molecule has 0 atom stereocenters. The maximum atomic E-state index is 13.5. The highest BCUT2D eigenvalue weighted by atomic mass is 79.9. The minimum Gasteiger partial charge on any atom is -0.319 e. The molecule has 2 aromatic rings. The van der Waals surface area contributed by atoms with E-state index >= 15 is 0 Å². The number of rotatable bonds is 4. The molecular formula is C16H9BrFN3O3. The van der Waals surface area contributed by atoms with Crippen molar-refractivity contribution >= 4 is 39.3 Å². The van der Waals surface area contributed by atoms with Crippen molar-refractivity contribution in [1.29, 1.82) is 5.26 Å². The van der Waals surface area contributed by atoms with Gasteiger partial charge >= 0.3 is 0 Å². The Bertz CT molecular complexity index is 890. The molecule has 0 bridgehead atoms. The maximum absolute atomic E-state index is 13.5. The number of amides is 1. The predicted molar refractivity (Wildman–Crippen MR) is 89.4 cm³/mol. The summed E-state index contributed by atoms with van der Waals surface area (Å²) in [5, 5.41) is 22.3. The lowest BCUT2D eigenvalue weighted by molar-refractivity contribution is -0.385. The van der Waals surface area contributed by atoms with Crippen LogP contribution in [0.5, 0.6) is 0 Å². The Morgan fingerprint density at radius 2 is 2.04 bits per heavy atom. The third-order valence-electron chi connectivity index (χ3n) is 2.97. The highest BCUT2D eigenvalue weighted by Gasteiger charge is 2.15. The van der Waals surface area contributed by atoms with Gasteiger partial charge in [0, 0.05) is 6.07 Å². The summed E-state index contributed by atoms with van der Waals surface area (Å²) in [7, 11) is 0. The van der Waals surface area contributed by atoms with Crippen LogP contribution in [-0.2, 0) is 4.79 Å². The highest BCUT2D eigenvalue weighted by Crippen LogP contribution is 2.26. The fraction of sp³-hybridized carbons (Fsp3) is 0. The highest BCUT2D eigenvalue weighted by molar-refractivity contribution is 9.10. The van der Waals surface area contributed by atoms with Crippen molar-refractivity contribution in [2.75, 3.05) is 5.32 Å². The predicted octanol–water partition coefficient (Wildman–Crippen LogP) is 4.04. The molecule has 0 heterocycles. The number of halogens is 2. The van der Waals surface area contributed by atoms with Gasteiger partial charge in [0.15, 0.2) is 0 Å². The first kappa shape index (κ1) is 17.3. The molecule has 0 saturated carbocycles. The summed E-state index contributed by atoms with van der Waals surface area (Å²) in [5.41, 5.74) is -0.277. The average Bonchev–Trinajstić information content (AvgIpc) is 2.55. The monoisotopic (exact) mass is 389 g/mol. The molecule has 0 fully saturated rings. The minimum absolute atomic E-state index is 0.0644. The van der Waals surface area contributed by atoms with Crippen LogP contribution in [0.1, 0.15) is 5.56 Å². The van der Waals surface area contributed by atoms with Crippen LogP contribution < -0.4 is 5.32 Å². The molecule has 0 aliphatic carbocycles. The zero-order valence-electron chi connectivity index (χ0n) is 12.0. The maximum Gasteiger partial charge on any atom is 0.284 e. The van der Waals surface area contributed by atoms with E-state index in [2.05, 4.69) is 21.2 Å². The van der Waals surface area contributed by atoms with Gasteiger partial charge in [-0.15, -0.1) is 0 Å². The smallest absolute Gasteiger partial charge is 0.284 e. The molecule has 120 valence electrons. The summed E-state index contributed by atoms with van der Waals surface area (Å²) >= 11 is 3.05. The second-order valence-corrected chi connectivity index (χ2v) is 5.43. The molecule has 0 radical (unpaired) electrons. The van der Waals surface area contributed by atoms with E-state index in [0.717, 1.165) is 0 Å². The number of nitro groups is 1. The van der Waals surface area contributed by atoms with Gasteiger partial charge in [-0.25, -0.2) is 4.39 Å². The van der Waals surface area contributed by atoms with E-state index in [-0.39, 0.29) is 21.4 Å². The molecule has 0 aromatic heterocycles. The lowest BCUT2D eigenvalue weighted by atomic mass is 10.1. The van der Waals surface area contributed by atoms with Gasteiger partial charge in [-0.05, 0) is 45.8 Å². The number of nitrogens with one attached hydrogen (secondary N) is 1. The lowest BCUT2D eigenvalue weighted by Gasteiger charge is -2.05. The zero-order chi connectivity index (χ0) is 17.7. The van der Waals surface area contributed by atoms with E-state index in [1.54, 1.807) is 6.07 Å². The quantitative estimate of drug-likeness (QED) is 0.369. The first-order chi connectivity index (χ1) is 11.4. The van der Waals surface area contributed by atoms with E-state index in [1.165, 1.54) is 48.5 Å². The van der Waals surface area contributed by atoms with Gasteiger partial charge in [-0.2, -0.15) is 5.26 Å². The van der Waals surface area contributed by atoms with Crippen molar-refractivity contribution in [1.82, 2.24) is 0 Å². The number of para-hydroxylation sites is 1. The largest absolute Gasteiger partial charge is 0.319 e. The topological polar surface area (TPSA) is 96.0 Å². The van der Waals surface area contributed by atoms with E-state index in [0.29, 0.717) is 5.56 Å². The van der Waals surface area contributed by atoms with E-state index in [9.17, 15) is 19.3 Å². The molecule has 2 aromatic carbocycles. The molecule has 1 N–H and O–H groups in total. The zero-order valence-corrected chi connectivity index (χ0v) is 13.6. The van der Waals surface area contributed by atoms with Crippen LogP contribution in [0.25, 0.3) is 6.08 Å². The van der Waals surface area contributed by atoms with Crippen LogP contribution >= 0.6 is 15.9 Å². The molecule has 0 spiro atoms. The van der Waals surface area contributed by atoms with Crippen LogP contribution in [-0.4, -0.2) is 10.8 Å². The van der Waals surface area contributed by atoms with Crippen molar-refractivity contribution < 1.29 is 14.1 Å². The Morgan fingerprint density at radius 3 is 2.67 bits per heavy atom. The van der Waals surface area contributed by atoms with E-state index < -0.39 is 16.6 Å². The summed E-state index contributed by atoms with van der Waals surface area (Å²) in [6.07, 6.45) is 1.19. The van der Waals surface area contributed by atoms with Gasteiger partial charge in [0.05, 0.1) is 15.1 Å². The van der Waals surface area contributed by atoms with Crippen LogP contribution in [0.15, 0.2) is 52.5 Å². The molecule has 0 unspecified atom stereocenters. The molecule has 0 aliphatic heterocycles. The fourth-order valence-electron chi connectivity index (χ4n) is 1.83. The lowest BCUT2D eigenvalue weighted by Crippen LogP contribution is -2.14. The average molecular weight is 390 g/mol. The van der Waals surface area contributed by atoms with Crippen molar-refractivity contribution in [3.05, 3.63) is 74.0 Å². The number of carbonyl (C=O) groups excluding carboxylic acids is 1. The van der Waals surface area contributed by atoms with Crippen molar-refractivity contribution in [3.8, 4) is 6.07 Å². The van der Waals surface area contributed by atoms with Gasteiger partial charge in [-0.1, -0.05) is 18.2 Å². The molecule has 8 heteroatoms.